The maximum Gasteiger partial charge on any atom is 0.331 e. The van der Waals surface area contributed by atoms with Gasteiger partial charge < -0.3 is 9.40 Å². The standard InChI is InChI=1S/C22H22N2O2/c1-16(25)26-23-19(15-17-9-3-2-4-10-17)22-18-11-5-6-12-20(18)24-14-8-7-13-21(22)24/h2-6,9-12H,7-8,13-15H2,1H3/b23-19+. The molecule has 0 amide bonds. The Morgan fingerprint density at radius 2 is 1.85 bits per heavy atom. The van der Waals surface area contributed by atoms with Crippen LogP contribution in [0, 0.1) is 0 Å². The van der Waals surface area contributed by atoms with Crippen molar-refractivity contribution in [3.63, 3.8) is 0 Å². The van der Waals surface area contributed by atoms with Gasteiger partial charge in [0.1, 0.15) is 0 Å². The predicted octanol–water partition coefficient (Wildman–Crippen LogP) is 4.49. The summed E-state index contributed by atoms with van der Waals surface area (Å²) in [7, 11) is 0. The van der Waals surface area contributed by atoms with Crippen LogP contribution in [0.25, 0.3) is 10.9 Å². The Bertz CT molecular complexity index is 970. The zero-order chi connectivity index (χ0) is 17.9. The van der Waals surface area contributed by atoms with E-state index in [2.05, 4.69) is 46.1 Å². The van der Waals surface area contributed by atoms with Crippen LogP contribution in [0.15, 0.2) is 59.8 Å². The number of nitrogens with zero attached hydrogens (tertiary/aromatic N) is 2. The molecule has 0 bridgehead atoms. The minimum absolute atomic E-state index is 0.395. The highest BCUT2D eigenvalue weighted by Gasteiger charge is 2.23. The highest BCUT2D eigenvalue weighted by atomic mass is 16.7. The average Bonchev–Trinajstić information content (AvgIpc) is 3.00. The maximum absolute atomic E-state index is 11.4. The van der Waals surface area contributed by atoms with E-state index in [0.717, 1.165) is 29.8 Å². The van der Waals surface area contributed by atoms with Crippen LogP contribution in [0.3, 0.4) is 0 Å². The number of para-hydroxylation sites is 1. The van der Waals surface area contributed by atoms with E-state index in [1.165, 1.54) is 36.4 Å². The molecule has 0 saturated heterocycles. The van der Waals surface area contributed by atoms with Gasteiger partial charge in [-0.2, -0.15) is 0 Å². The first kappa shape index (κ1) is 16.6. The SMILES string of the molecule is CC(=O)O/N=C(\Cc1ccccc1)c1c2n(c3ccccc13)CCCC2. The Morgan fingerprint density at radius 1 is 1.08 bits per heavy atom. The van der Waals surface area contributed by atoms with Gasteiger partial charge in [0.25, 0.3) is 0 Å². The van der Waals surface area contributed by atoms with E-state index in [-0.39, 0.29) is 0 Å². The molecule has 1 aromatic heterocycles. The Balaban J connectivity index is 1.88. The molecular weight excluding hydrogens is 324 g/mol. The third-order valence-electron chi connectivity index (χ3n) is 4.91. The number of carbonyl (C=O) groups excluding carboxylic acids is 1. The molecular formula is C22H22N2O2. The second-order valence-corrected chi connectivity index (χ2v) is 6.73. The van der Waals surface area contributed by atoms with Crippen LogP contribution >= 0.6 is 0 Å². The quantitative estimate of drug-likeness (QED) is 0.397. The summed E-state index contributed by atoms with van der Waals surface area (Å²) in [5, 5.41) is 5.46. The van der Waals surface area contributed by atoms with Gasteiger partial charge in [0, 0.05) is 42.0 Å². The van der Waals surface area contributed by atoms with E-state index in [0.29, 0.717) is 6.42 Å². The first-order valence-electron chi connectivity index (χ1n) is 9.13. The summed E-state index contributed by atoms with van der Waals surface area (Å²) in [6, 6.07) is 18.6. The molecule has 0 fully saturated rings. The van der Waals surface area contributed by atoms with Crippen LogP contribution in [-0.2, 0) is 29.0 Å². The number of oxime groups is 1. The molecule has 3 aromatic rings. The lowest BCUT2D eigenvalue weighted by molar-refractivity contribution is -0.140. The second kappa shape index (κ2) is 7.16. The molecule has 26 heavy (non-hydrogen) atoms. The van der Waals surface area contributed by atoms with E-state index in [1.54, 1.807) is 0 Å². The number of rotatable bonds is 4. The molecule has 1 aliphatic heterocycles. The van der Waals surface area contributed by atoms with Gasteiger partial charge in [-0.3, -0.25) is 0 Å². The monoisotopic (exact) mass is 346 g/mol. The largest absolute Gasteiger partial charge is 0.344 e. The number of carbonyl (C=O) groups is 1. The molecule has 0 unspecified atom stereocenters. The molecule has 0 saturated carbocycles. The van der Waals surface area contributed by atoms with Crippen LogP contribution in [-0.4, -0.2) is 16.2 Å². The molecule has 132 valence electrons. The van der Waals surface area contributed by atoms with Crippen molar-refractivity contribution in [1.29, 1.82) is 0 Å². The lowest BCUT2D eigenvalue weighted by Gasteiger charge is -2.17. The molecule has 0 N–H and O–H groups in total. The zero-order valence-electron chi connectivity index (χ0n) is 14.9. The molecule has 0 aliphatic carbocycles. The molecule has 1 aliphatic rings. The Labute approximate surface area is 153 Å². The van der Waals surface area contributed by atoms with E-state index >= 15 is 0 Å². The fourth-order valence-corrected chi connectivity index (χ4v) is 3.83. The predicted molar refractivity (Wildman–Crippen MR) is 103 cm³/mol. The Morgan fingerprint density at radius 3 is 2.65 bits per heavy atom. The van der Waals surface area contributed by atoms with Crippen molar-refractivity contribution in [2.75, 3.05) is 0 Å². The minimum atomic E-state index is -0.395. The van der Waals surface area contributed by atoms with Crippen LogP contribution < -0.4 is 0 Å². The third-order valence-corrected chi connectivity index (χ3v) is 4.91. The second-order valence-electron chi connectivity index (χ2n) is 6.73. The highest BCUT2D eigenvalue weighted by molar-refractivity contribution is 6.13. The highest BCUT2D eigenvalue weighted by Crippen LogP contribution is 2.32. The normalized spacial score (nSPS) is 14.3. The topological polar surface area (TPSA) is 43.6 Å². The maximum atomic E-state index is 11.4. The summed E-state index contributed by atoms with van der Waals surface area (Å²) in [4.78, 5) is 16.5. The van der Waals surface area contributed by atoms with Crippen molar-refractivity contribution in [2.45, 2.75) is 39.2 Å². The molecule has 2 aromatic carbocycles. The van der Waals surface area contributed by atoms with Gasteiger partial charge in [0.15, 0.2) is 0 Å². The average molecular weight is 346 g/mol. The minimum Gasteiger partial charge on any atom is -0.344 e. The van der Waals surface area contributed by atoms with E-state index < -0.39 is 5.97 Å². The van der Waals surface area contributed by atoms with Crippen molar-refractivity contribution in [3.05, 3.63) is 71.4 Å². The third kappa shape index (κ3) is 3.15. The van der Waals surface area contributed by atoms with E-state index in [9.17, 15) is 4.79 Å². The molecule has 0 radical (unpaired) electrons. The van der Waals surface area contributed by atoms with Gasteiger partial charge in [-0.25, -0.2) is 4.79 Å². The fraction of sp³-hybridized carbons (Fsp3) is 0.273. The van der Waals surface area contributed by atoms with Gasteiger partial charge in [0.05, 0.1) is 5.71 Å². The molecule has 4 nitrogen and oxygen atoms in total. The summed E-state index contributed by atoms with van der Waals surface area (Å²) in [5.74, 6) is -0.395. The molecule has 0 atom stereocenters. The van der Waals surface area contributed by atoms with E-state index in [4.69, 9.17) is 4.84 Å². The Hall–Kier alpha value is -2.88. The first-order chi connectivity index (χ1) is 12.7. The number of benzene rings is 2. The fourth-order valence-electron chi connectivity index (χ4n) is 3.83. The number of hydrogen-bond donors (Lipinski definition) is 0. The van der Waals surface area contributed by atoms with Gasteiger partial charge >= 0.3 is 5.97 Å². The summed E-state index contributed by atoms with van der Waals surface area (Å²) >= 11 is 0. The van der Waals surface area contributed by atoms with Crippen LogP contribution in [0.1, 0.15) is 36.6 Å². The van der Waals surface area contributed by atoms with Crippen LogP contribution in [0.2, 0.25) is 0 Å². The molecule has 4 rings (SSSR count). The summed E-state index contributed by atoms with van der Waals surface area (Å²) in [6.07, 6.45) is 4.03. The first-order valence-corrected chi connectivity index (χ1v) is 9.13. The molecule has 4 heteroatoms. The zero-order valence-corrected chi connectivity index (χ0v) is 14.9. The number of fused-ring (bicyclic) bond motifs is 3. The van der Waals surface area contributed by atoms with Gasteiger partial charge in [0.2, 0.25) is 0 Å². The van der Waals surface area contributed by atoms with Crippen molar-refractivity contribution >= 4 is 22.6 Å². The number of hydrogen-bond acceptors (Lipinski definition) is 3. The Kier molecular flexibility index (Phi) is 4.57. The van der Waals surface area contributed by atoms with Crippen molar-refractivity contribution in [2.24, 2.45) is 5.16 Å². The lowest BCUT2D eigenvalue weighted by Crippen LogP contribution is -2.15. The summed E-state index contributed by atoms with van der Waals surface area (Å²) in [5.41, 5.74) is 5.64. The van der Waals surface area contributed by atoms with Gasteiger partial charge in [-0.1, -0.05) is 53.7 Å². The van der Waals surface area contributed by atoms with Crippen molar-refractivity contribution in [1.82, 2.24) is 4.57 Å². The van der Waals surface area contributed by atoms with E-state index in [1.807, 2.05) is 18.2 Å². The van der Waals surface area contributed by atoms with Gasteiger partial charge in [-0.15, -0.1) is 0 Å². The van der Waals surface area contributed by atoms with Crippen molar-refractivity contribution in [3.8, 4) is 0 Å². The van der Waals surface area contributed by atoms with Crippen molar-refractivity contribution < 1.29 is 9.63 Å². The number of aromatic nitrogens is 1. The van der Waals surface area contributed by atoms with Gasteiger partial charge in [-0.05, 0) is 30.9 Å². The van der Waals surface area contributed by atoms with Crippen LogP contribution in [0.4, 0.5) is 0 Å². The molecule has 0 spiro atoms. The number of aryl methyl sites for hydroxylation is 1. The lowest BCUT2D eigenvalue weighted by atomic mass is 9.97. The summed E-state index contributed by atoms with van der Waals surface area (Å²) in [6.45, 7) is 2.42. The molecule has 2 heterocycles. The smallest absolute Gasteiger partial charge is 0.331 e. The van der Waals surface area contributed by atoms with Crippen LogP contribution in [0.5, 0.6) is 0 Å². The summed E-state index contributed by atoms with van der Waals surface area (Å²) < 4.78 is 2.41.